The van der Waals surface area contributed by atoms with Crippen molar-refractivity contribution >= 4 is 11.9 Å². The van der Waals surface area contributed by atoms with Crippen molar-refractivity contribution in [1.29, 1.82) is 0 Å². The predicted octanol–water partition coefficient (Wildman–Crippen LogP) is 1.17. The zero-order valence-corrected chi connectivity index (χ0v) is 9.08. The lowest BCUT2D eigenvalue weighted by Crippen LogP contribution is -2.48. The van der Waals surface area contributed by atoms with Crippen LogP contribution in [0.25, 0.3) is 0 Å². The molecule has 1 rings (SSSR count). The van der Waals surface area contributed by atoms with Crippen molar-refractivity contribution in [2.45, 2.75) is 31.7 Å². The molecule has 17 heavy (non-hydrogen) atoms. The van der Waals surface area contributed by atoms with Gasteiger partial charge in [-0.2, -0.15) is 13.2 Å². The quantitative estimate of drug-likeness (QED) is 0.605. The number of carbonyl (C=O) groups is 2. The monoisotopic (exact) mass is 251 g/mol. The average Bonchev–Trinajstić information content (AvgIpc) is 2.53. The first-order valence-corrected chi connectivity index (χ1v) is 5.02. The summed E-state index contributed by atoms with van der Waals surface area (Å²) in [6, 6.07) is -1.31. The van der Waals surface area contributed by atoms with Crippen LogP contribution in [0, 0.1) is 5.92 Å². The molecule has 1 aliphatic rings. The molecule has 0 aromatic carbocycles. The van der Waals surface area contributed by atoms with Gasteiger partial charge < -0.3 is 10.1 Å². The normalized spacial score (nSPS) is 28.7. The van der Waals surface area contributed by atoms with Crippen molar-refractivity contribution in [3.05, 3.63) is 12.7 Å². The summed E-state index contributed by atoms with van der Waals surface area (Å²) in [5.74, 6) is -3.65. The van der Waals surface area contributed by atoms with E-state index in [0.29, 0.717) is 6.42 Å². The first kappa shape index (κ1) is 13.5. The van der Waals surface area contributed by atoms with Gasteiger partial charge in [-0.25, -0.2) is 4.79 Å². The molecule has 7 heteroatoms. The number of cyclic esters (lactones) is 1. The van der Waals surface area contributed by atoms with E-state index >= 15 is 0 Å². The van der Waals surface area contributed by atoms with Crippen LogP contribution in [-0.4, -0.2) is 30.2 Å². The van der Waals surface area contributed by atoms with Crippen LogP contribution in [0.15, 0.2) is 12.7 Å². The number of halogens is 3. The molecule has 1 N–H and O–H groups in total. The third-order valence-electron chi connectivity index (χ3n) is 2.55. The highest BCUT2D eigenvalue weighted by molar-refractivity contribution is 5.89. The number of ether oxygens (including phenoxy) is 1. The third kappa shape index (κ3) is 2.78. The Kier molecular flexibility index (Phi) is 3.79. The number of amides is 1. The highest BCUT2D eigenvalue weighted by atomic mass is 19.4. The van der Waals surface area contributed by atoms with Gasteiger partial charge in [-0.3, -0.25) is 4.79 Å². The maximum Gasteiger partial charge on any atom is 0.471 e. The molecule has 0 bridgehead atoms. The fourth-order valence-electron chi connectivity index (χ4n) is 1.69. The van der Waals surface area contributed by atoms with Crippen molar-refractivity contribution in [2.75, 3.05) is 0 Å². The molecule has 0 spiro atoms. The van der Waals surface area contributed by atoms with Gasteiger partial charge in [-0.15, -0.1) is 6.58 Å². The van der Waals surface area contributed by atoms with Crippen LogP contribution in [0.2, 0.25) is 0 Å². The summed E-state index contributed by atoms with van der Waals surface area (Å²) in [6.45, 7) is 5.15. The van der Waals surface area contributed by atoms with E-state index in [1.165, 1.54) is 6.08 Å². The van der Waals surface area contributed by atoms with Gasteiger partial charge in [0.1, 0.15) is 12.1 Å². The molecule has 1 saturated heterocycles. The van der Waals surface area contributed by atoms with Crippen LogP contribution in [0.3, 0.4) is 0 Å². The van der Waals surface area contributed by atoms with Gasteiger partial charge in [0.25, 0.3) is 0 Å². The van der Waals surface area contributed by atoms with E-state index in [-0.39, 0.29) is 0 Å². The molecular weight excluding hydrogens is 239 g/mol. The first-order valence-electron chi connectivity index (χ1n) is 5.02. The lowest BCUT2D eigenvalue weighted by atomic mass is 9.95. The fraction of sp³-hybridized carbons (Fsp3) is 0.600. The second kappa shape index (κ2) is 4.77. The van der Waals surface area contributed by atoms with Crippen LogP contribution in [0.4, 0.5) is 13.2 Å². The van der Waals surface area contributed by atoms with Gasteiger partial charge in [0.2, 0.25) is 0 Å². The predicted molar refractivity (Wildman–Crippen MR) is 51.8 cm³/mol. The molecule has 1 heterocycles. The third-order valence-corrected chi connectivity index (χ3v) is 2.55. The van der Waals surface area contributed by atoms with Gasteiger partial charge in [0.05, 0.1) is 0 Å². The molecule has 4 nitrogen and oxygen atoms in total. The van der Waals surface area contributed by atoms with E-state index in [0.717, 1.165) is 0 Å². The molecular formula is C10H12F3NO3. The van der Waals surface area contributed by atoms with E-state index in [1.807, 2.05) is 0 Å². The van der Waals surface area contributed by atoms with Crippen molar-refractivity contribution in [3.63, 3.8) is 0 Å². The molecule has 0 unspecified atom stereocenters. The molecule has 0 aromatic heterocycles. The number of hydrogen-bond donors (Lipinski definition) is 1. The maximum atomic E-state index is 12.0. The topological polar surface area (TPSA) is 55.4 Å². The largest absolute Gasteiger partial charge is 0.471 e. The molecule has 3 atom stereocenters. The van der Waals surface area contributed by atoms with Gasteiger partial charge in [0.15, 0.2) is 0 Å². The Hall–Kier alpha value is -1.53. The second-order valence-corrected chi connectivity index (χ2v) is 3.65. The fourth-order valence-corrected chi connectivity index (χ4v) is 1.69. The zero-order chi connectivity index (χ0) is 13.2. The summed E-state index contributed by atoms with van der Waals surface area (Å²) in [5, 5.41) is 1.62. The van der Waals surface area contributed by atoms with Gasteiger partial charge in [0, 0.05) is 5.92 Å². The molecule has 0 radical (unpaired) electrons. The van der Waals surface area contributed by atoms with Crippen molar-refractivity contribution in [3.8, 4) is 0 Å². The highest BCUT2D eigenvalue weighted by Gasteiger charge is 2.47. The number of nitrogens with one attached hydrogen (secondary N) is 1. The number of alkyl halides is 3. The summed E-state index contributed by atoms with van der Waals surface area (Å²) < 4.78 is 41.0. The van der Waals surface area contributed by atoms with E-state index in [4.69, 9.17) is 4.74 Å². The Bertz CT molecular complexity index is 340. The highest BCUT2D eigenvalue weighted by Crippen LogP contribution is 2.27. The lowest BCUT2D eigenvalue weighted by molar-refractivity contribution is -0.175. The van der Waals surface area contributed by atoms with E-state index in [9.17, 15) is 22.8 Å². The smallest absolute Gasteiger partial charge is 0.460 e. The molecule has 0 aromatic rings. The minimum atomic E-state index is -5.02. The summed E-state index contributed by atoms with van der Waals surface area (Å²) in [4.78, 5) is 22.1. The van der Waals surface area contributed by atoms with Crippen molar-refractivity contribution < 1.29 is 27.5 Å². The Balaban J connectivity index is 2.79. The number of esters is 1. The Morgan fingerprint density at radius 1 is 1.59 bits per heavy atom. The van der Waals surface area contributed by atoms with Gasteiger partial charge in [-0.1, -0.05) is 13.0 Å². The molecule has 96 valence electrons. The van der Waals surface area contributed by atoms with Gasteiger partial charge in [-0.05, 0) is 6.42 Å². The zero-order valence-electron chi connectivity index (χ0n) is 9.08. The summed E-state index contributed by atoms with van der Waals surface area (Å²) in [6.07, 6.45) is -3.80. The van der Waals surface area contributed by atoms with Crippen LogP contribution in [0.1, 0.15) is 13.3 Å². The van der Waals surface area contributed by atoms with E-state index < -0.39 is 36.1 Å². The van der Waals surface area contributed by atoms with Crippen LogP contribution in [0.5, 0.6) is 0 Å². The second-order valence-electron chi connectivity index (χ2n) is 3.65. The number of rotatable bonds is 3. The van der Waals surface area contributed by atoms with Crippen LogP contribution >= 0.6 is 0 Å². The Morgan fingerprint density at radius 2 is 2.18 bits per heavy atom. The summed E-state index contributed by atoms with van der Waals surface area (Å²) in [5.41, 5.74) is 0. The molecule has 1 aliphatic heterocycles. The Labute approximate surface area is 95.8 Å². The summed E-state index contributed by atoms with van der Waals surface area (Å²) in [7, 11) is 0. The lowest BCUT2D eigenvalue weighted by Gasteiger charge is -2.17. The summed E-state index contributed by atoms with van der Waals surface area (Å²) >= 11 is 0. The first-order chi connectivity index (χ1) is 7.81. The number of hydrogen-bond acceptors (Lipinski definition) is 3. The van der Waals surface area contributed by atoms with E-state index in [1.54, 1.807) is 12.2 Å². The maximum absolute atomic E-state index is 12.0. The van der Waals surface area contributed by atoms with Crippen molar-refractivity contribution in [2.24, 2.45) is 5.92 Å². The van der Waals surface area contributed by atoms with E-state index in [2.05, 4.69) is 6.58 Å². The number of carbonyl (C=O) groups excluding carboxylic acids is 2. The van der Waals surface area contributed by atoms with Crippen molar-refractivity contribution in [1.82, 2.24) is 5.32 Å². The molecule has 0 saturated carbocycles. The SMILES string of the molecule is C=C[C@@H]1[C@H](NC(=O)C(F)(F)F)C(=O)O[C@@H]1CC. The molecule has 1 fully saturated rings. The van der Waals surface area contributed by atoms with Gasteiger partial charge >= 0.3 is 18.1 Å². The minimum absolute atomic E-state index is 0.445. The standard InChI is InChI=1S/C10H12F3NO3/c1-3-5-6(4-2)17-8(15)7(5)14-9(16)10(11,12)13/h3,5-7H,1,4H2,2H3,(H,14,16)/t5-,6+,7-/m0/s1. The molecule has 1 amide bonds. The van der Waals surface area contributed by atoms with Crippen LogP contribution < -0.4 is 5.32 Å². The minimum Gasteiger partial charge on any atom is -0.460 e. The van der Waals surface area contributed by atoms with Crippen LogP contribution in [-0.2, 0) is 14.3 Å². The Morgan fingerprint density at radius 3 is 2.59 bits per heavy atom. The average molecular weight is 251 g/mol. The molecule has 0 aliphatic carbocycles.